The predicted molar refractivity (Wildman–Crippen MR) is 147 cm³/mol. The van der Waals surface area contributed by atoms with E-state index < -0.39 is 0 Å². The number of pyridine rings is 1. The van der Waals surface area contributed by atoms with Gasteiger partial charge in [0.15, 0.2) is 0 Å². The first-order valence-corrected chi connectivity index (χ1v) is 13.7. The second-order valence-electron chi connectivity index (χ2n) is 10.2. The molecule has 38 heavy (non-hydrogen) atoms. The Morgan fingerprint density at radius 3 is 2.82 bits per heavy atom. The fourth-order valence-corrected chi connectivity index (χ4v) is 5.48. The molecule has 5 rings (SSSR count). The summed E-state index contributed by atoms with van der Waals surface area (Å²) in [6.07, 6.45) is 7.13. The Morgan fingerprint density at radius 2 is 1.97 bits per heavy atom. The molecule has 202 valence electrons. The Bertz CT molecular complexity index is 1120. The molecule has 0 radical (unpaired) electrons. The van der Waals surface area contributed by atoms with Gasteiger partial charge in [0.2, 0.25) is 11.8 Å². The van der Waals surface area contributed by atoms with E-state index in [1.165, 1.54) is 5.69 Å². The highest BCUT2D eigenvalue weighted by atomic mass is 16.5. The fraction of sp³-hybridized carbons (Fsp3) is 0.483. The largest absolute Gasteiger partial charge is 0.489 e. The van der Waals surface area contributed by atoms with Gasteiger partial charge in [-0.3, -0.25) is 14.6 Å². The molecule has 9 nitrogen and oxygen atoms in total. The Balaban J connectivity index is 1.24. The van der Waals surface area contributed by atoms with Crippen molar-refractivity contribution in [2.45, 2.75) is 25.9 Å². The van der Waals surface area contributed by atoms with Gasteiger partial charge in [-0.15, -0.1) is 0 Å². The summed E-state index contributed by atoms with van der Waals surface area (Å²) < 4.78 is 6.17. The number of ether oxygens (including phenoxy) is 1. The lowest BCUT2D eigenvalue weighted by Gasteiger charge is -2.37. The normalized spacial score (nSPS) is 23.2. The van der Waals surface area contributed by atoms with E-state index in [-0.39, 0.29) is 30.2 Å². The lowest BCUT2D eigenvalue weighted by Crippen LogP contribution is -2.47. The number of nitrogens with one attached hydrogen (secondary N) is 3. The maximum Gasteiger partial charge on any atom is 0.236 e. The van der Waals surface area contributed by atoms with Gasteiger partial charge in [0.05, 0.1) is 18.8 Å². The zero-order valence-electron chi connectivity index (χ0n) is 21.9. The molecule has 4 heterocycles. The zero-order chi connectivity index (χ0) is 26.2. The Labute approximate surface area is 224 Å². The quantitative estimate of drug-likeness (QED) is 0.519. The minimum atomic E-state index is 0.0175. The van der Waals surface area contributed by atoms with Crippen molar-refractivity contribution < 1.29 is 14.3 Å². The summed E-state index contributed by atoms with van der Waals surface area (Å²) in [7, 11) is 0. The van der Waals surface area contributed by atoms with E-state index in [4.69, 9.17) is 4.74 Å². The third-order valence-corrected chi connectivity index (χ3v) is 7.64. The highest BCUT2D eigenvalue weighted by molar-refractivity contribution is 5.79. The van der Waals surface area contributed by atoms with E-state index in [9.17, 15) is 9.59 Å². The molecule has 0 spiro atoms. The van der Waals surface area contributed by atoms with Gasteiger partial charge in [0, 0.05) is 69.7 Å². The second kappa shape index (κ2) is 12.9. The van der Waals surface area contributed by atoms with Crippen molar-refractivity contribution in [3.8, 4) is 5.75 Å². The van der Waals surface area contributed by atoms with E-state index in [1.807, 2.05) is 35.2 Å². The molecule has 2 aromatic rings. The molecule has 2 saturated heterocycles. The summed E-state index contributed by atoms with van der Waals surface area (Å²) in [5.74, 6) is 1.23. The molecule has 9 heteroatoms. The van der Waals surface area contributed by atoms with Crippen molar-refractivity contribution in [2.75, 3.05) is 57.3 Å². The predicted octanol–water partition coefficient (Wildman–Crippen LogP) is 1.70. The molecule has 2 fully saturated rings. The van der Waals surface area contributed by atoms with E-state index in [2.05, 4.69) is 44.0 Å². The number of nitrogens with zero attached hydrogens (tertiary/aromatic N) is 3. The third-order valence-electron chi connectivity index (χ3n) is 7.64. The van der Waals surface area contributed by atoms with Crippen LogP contribution in [0.2, 0.25) is 0 Å². The van der Waals surface area contributed by atoms with Crippen LogP contribution in [0, 0.1) is 11.8 Å². The topological polar surface area (TPSA) is 98.8 Å². The molecule has 3 N–H and O–H groups in total. The van der Waals surface area contributed by atoms with Crippen LogP contribution >= 0.6 is 0 Å². The van der Waals surface area contributed by atoms with E-state index >= 15 is 0 Å². The van der Waals surface area contributed by atoms with Crippen molar-refractivity contribution in [1.82, 2.24) is 25.8 Å². The first-order chi connectivity index (χ1) is 18.7. The van der Waals surface area contributed by atoms with E-state index in [0.717, 1.165) is 49.6 Å². The average Bonchev–Trinajstić information content (AvgIpc) is 2.97. The van der Waals surface area contributed by atoms with Gasteiger partial charge >= 0.3 is 0 Å². The van der Waals surface area contributed by atoms with Crippen LogP contribution in [0.4, 0.5) is 5.69 Å². The number of carbonyl (C=O) groups excluding carboxylic acids is 2. The van der Waals surface area contributed by atoms with Gasteiger partial charge < -0.3 is 30.5 Å². The van der Waals surface area contributed by atoms with Crippen molar-refractivity contribution in [3.63, 3.8) is 0 Å². The van der Waals surface area contributed by atoms with Crippen LogP contribution in [0.5, 0.6) is 5.75 Å². The molecular formula is C29H38N6O3. The number of rotatable bonds is 5. The number of hydrogen-bond donors (Lipinski definition) is 3. The number of amides is 2. The number of piperidine rings is 1. The molecule has 0 unspecified atom stereocenters. The maximum absolute atomic E-state index is 13.0. The Kier molecular flexibility index (Phi) is 8.88. The van der Waals surface area contributed by atoms with Crippen molar-refractivity contribution in [1.29, 1.82) is 0 Å². The first kappa shape index (κ1) is 26.2. The van der Waals surface area contributed by atoms with Crippen LogP contribution in [-0.4, -0.2) is 74.1 Å². The highest BCUT2D eigenvalue weighted by Gasteiger charge is 2.31. The summed E-state index contributed by atoms with van der Waals surface area (Å²) in [6.45, 7) is 6.93. The number of hydrogen-bond acceptors (Lipinski definition) is 7. The van der Waals surface area contributed by atoms with Gasteiger partial charge in [-0.1, -0.05) is 18.2 Å². The molecule has 0 aliphatic carbocycles. The maximum atomic E-state index is 13.0. The number of fused-ring (bicyclic) bond motifs is 3. The molecule has 1 aromatic heterocycles. The Morgan fingerprint density at radius 1 is 1.08 bits per heavy atom. The molecule has 2 bridgehead atoms. The summed E-state index contributed by atoms with van der Waals surface area (Å²) in [4.78, 5) is 34.4. The van der Waals surface area contributed by atoms with Gasteiger partial charge in [-0.25, -0.2) is 0 Å². The summed E-state index contributed by atoms with van der Waals surface area (Å²) in [6, 6.07) is 12.0. The first-order valence-electron chi connectivity index (χ1n) is 13.7. The van der Waals surface area contributed by atoms with Gasteiger partial charge in [0.25, 0.3) is 0 Å². The fourth-order valence-electron chi connectivity index (χ4n) is 5.48. The lowest BCUT2D eigenvalue weighted by molar-refractivity contribution is -0.132. The number of piperazine rings is 1. The Hall–Kier alpha value is -3.43. The number of benzene rings is 1. The standard InChI is InChI=1S/C29H38N6O3/c36-28(33-19-25-5-1-2-9-32-25)17-22-8-12-35-21-23(22)4-3-15-38-27-7-6-26(34-13-10-30-11-14-34)16-24(27)18-31-20-29(35)37/h1-7,9,16,22-23,30-31H,8,10-15,17-21H2,(H,33,36)/b4-3-/t22-,23-/m0/s1. The minimum absolute atomic E-state index is 0.0175. The van der Waals surface area contributed by atoms with Crippen LogP contribution < -0.4 is 25.6 Å². The molecule has 1 aromatic carbocycles. The highest BCUT2D eigenvalue weighted by Crippen LogP contribution is 2.29. The number of carbonyl (C=O) groups is 2. The van der Waals surface area contributed by atoms with Crippen LogP contribution in [0.15, 0.2) is 54.7 Å². The second-order valence-corrected chi connectivity index (χ2v) is 10.2. The minimum Gasteiger partial charge on any atom is -0.489 e. The summed E-state index contributed by atoms with van der Waals surface area (Å²) >= 11 is 0. The molecule has 2 atom stereocenters. The van der Waals surface area contributed by atoms with E-state index in [0.29, 0.717) is 39.2 Å². The van der Waals surface area contributed by atoms with Crippen molar-refractivity contribution in [3.05, 3.63) is 66.0 Å². The number of aromatic nitrogens is 1. The SMILES string of the molecule is O=C(C[C@@H]1CCN2C[C@@H]1/C=C\COc1ccc(N3CCNCC3)cc1CNCC2=O)NCc1ccccn1. The van der Waals surface area contributed by atoms with Gasteiger partial charge in [-0.05, 0) is 48.6 Å². The van der Waals surface area contributed by atoms with Gasteiger partial charge in [-0.2, -0.15) is 0 Å². The van der Waals surface area contributed by atoms with Crippen LogP contribution in [-0.2, 0) is 22.7 Å². The molecule has 3 aliphatic rings. The molecule has 0 saturated carbocycles. The van der Waals surface area contributed by atoms with Crippen LogP contribution in [0.1, 0.15) is 24.1 Å². The van der Waals surface area contributed by atoms with Gasteiger partial charge in [0.1, 0.15) is 12.4 Å². The van der Waals surface area contributed by atoms with E-state index in [1.54, 1.807) is 6.20 Å². The smallest absolute Gasteiger partial charge is 0.236 e. The average molecular weight is 519 g/mol. The van der Waals surface area contributed by atoms with Crippen molar-refractivity contribution >= 4 is 17.5 Å². The molecular weight excluding hydrogens is 480 g/mol. The molecule has 3 aliphatic heterocycles. The lowest BCUT2D eigenvalue weighted by atomic mass is 9.82. The van der Waals surface area contributed by atoms with Crippen LogP contribution in [0.3, 0.4) is 0 Å². The summed E-state index contributed by atoms with van der Waals surface area (Å²) in [5, 5.41) is 9.74. The molecule has 2 amide bonds. The van der Waals surface area contributed by atoms with Crippen LogP contribution in [0.25, 0.3) is 0 Å². The monoisotopic (exact) mass is 518 g/mol. The number of anilines is 1. The zero-order valence-corrected chi connectivity index (χ0v) is 21.9. The summed E-state index contributed by atoms with van der Waals surface area (Å²) in [5.41, 5.74) is 3.08. The third kappa shape index (κ3) is 6.90. The van der Waals surface area contributed by atoms with Crippen molar-refractivity contribution in [2.24, 2.45) is 11.8 Å².